The fourth-order valence-electron chi connectivity index (χ4n) is 2.65. The number of likely N-dealkylation sites (tertiary alicyclic amines) is 1. The molecular weight excluding hydrogens is 287 g/mol. The summed E-state index contributed by atoms with van der Waals surface area (Å²) >= 11 is 0. The standard InChI is InChI=1S/C14H14F3NO3/c1-13(17)7-10(16)14(2,18(11(13)19)12(20)21)8-5-3-4-6-9(8)15/h3-6,10H,7H2,1-2H3,(H,20,21)/t10-,13-,14+/m0/s1. The Hall–Kier alpha value is -2.05. The highest BCUT2D eigenvalue weighted by molar-refractivity contribution is 5.98. The highest BCUT2D eigenvalue weighted by Gasteiger charge is 2.60. The van der Waals surface area contributed by atoms with Crippen LogP contribution in [0.15, 0.2) is 24.3 Å². The summed E-state index contributed by atoms with van der Waals surface area (Å²) in [6.07, 6.45) is -4.73. The molecule has 1 aromatic carbocycles. The average molecular weight is 301 g/mol. The average Bonchev–Trinajstić information content (AvgIpc) is 2.36. The lowest BCUT2D eigenvalue weighted by molar-refractivity contribution is -0.161. The van der Waals surface area contributed by atoms with E-state index in [-0.39, 0.29) is 10.5 Å². The van der Waals surface area contributed by atoms with E-state index in [1.807, 2.05) is 0 Å². The number of piperidine rings is 1. The number of amides is 2. The third-order valence-electron chi connectivity index (χ3n) is 3.90. The van der Waals surface area contributed by atoms with Crippen molar-refractivity contribution in [1.29, 1.82) is 0 Å². The molecule has 2 rings (SSSR count). The van der Waals surface area contributed by atoms with Crippen molar-refractivity contribution in [2.24, 2.45) is 0 Å². The lowest BCUT2D eigenvalue weighted by Crippen LogP contribution is -2.65. The van der Waals surface area contributed by atoms with Gasteiger partial charge in [-0.15, -0.1) is 0 Å². The molecular formula is C14H14F3NO3. The summed E-state index contributed by atoms with van der Waals surface area (Å²) in [5.41, 5.74) is -5.06. The molecule has 1 aliphatic heterocycles. The number of hydrogen-bond donors (Lipinski definition) is 1. The smallest absolute Gasteiger partial charge is 0.415 e. The number of carboxylic acid groups (broad SMARTS) is 1. The first-order valence-electron chi connectivity index (χ1n) is 6.28. The van der Waals surface area contributed by atoms with Crippen LogP contribution in [0.1, 0.15) is 25.8 Å². The monoisotopic (exact) mass is 301 g/mol. The van der Waals surface area contributed by atoms with Crippen molar-refractivity contribution >= 4 is 12.0 Å². The Kier molecular flexibility index (Phi) is 3.47. The zero-order chi connectivity index (χ0) is 16.0. The van der Waals surface area contributed by atoms with Gasteiger partial charge in [0.05, 0.1) is 0 Å². The highest BCUT2D eigenvalue weighted by atomic mass is 19.2. The van der Waals surface area contributed by atoms with E-state index in [0.29, 0.717) is 0 Å². The second-order valence-electron chi connectivity index (χ2n) is 5.42. The van der Waals surface area contributed by atoms with Crippen LogP contribution in [0.25, 0.3) is 0 Å². The van der Waals surface area contributed by atoms with Gasteiger partial charge in [0.2, 0.25) is 0 Å². The molecule has 0 aliphatic carbocycles. The van der Waals surface area contributed by atoms with Crippen LogP contribution in [0, 0.1) is 5.82 Å². The SMILES string of the molecule is C[C@]1(F)C[C@H](F)[C@@](C)(c2ccccc2F)N(C(=O)O)C1=O. The molecule has 1 saturated heterocycles. The number of carbonyl (C=O) groups is 2. The zero-order valence-corrected chi connectivity index (χ0v) is 11.4. The van der Waals surface area contributed by atoms with E-state index in [1.54, 1.807) is 0 Å². The second-order valence-corrected chi connectivity index (χ2v) is 5.42. The van der Waals surface area contributed by atoms with E-state index in [9.17, 15) is 27.9 Å². The van der Waals surface area contributed by atoms with Crippen molar-refractivity contribution in [2.75, 3.05) is 0 Å². The molecule has 0 radical (unpaired) electrons. The predicted molar refractivity (Wildman–Crippen MR) is 67.6 cm³/mol. The van der Waals surface area contributed by atoms with Gasteiger partial charge in [0.25, 0.3) is 5.91 Å². The largest absolute Gasteiger partial charge is 0.465 e. The number of rotatable bonds is 1. The van der Waals surface area contributed by atoms with Gasteiger partial charge in [-0.25, -0.2) is 22.9 Å². The van der Waals surface area contributed by atoms with Crippen LogP contribution in [-0.4, -0.2) is 33.8 Å². The minimum Gasteiger partial charge on any atom is -0.465 e. The summed E-state index contributed by atoms with van der Waals surface area (Å²) in [5, 5.41) is 9.20. The van der Waals surface area contributed by atoms with Crippen LogP contribution in [0.2, 0.25) is 0 Å². The summed E-state index contributed by atoms with van der Waals surface area (Å²) in [5.74, 6) is -2.25. The molecule has 114 valence electrons. The van der Waals surface area contributed by atoms with Gasteiger partial charge in [0.15, 0.2) is 5.67 Å². The Balaban J connectivity index is 2.66. The van der Waals surface area contributed by atoms with Gasteiger partial charge in [-0.3, -0.25) is 4.79 Å². The van der Waals surface area contributed by atoms with Crippen LogP contribution in [0.3, 0.4) is 0 Å². The zero-order valence-electron chi connectivity index (χ0n) is 11.4. The Morgan fingerprint density at radius 1 is 1.38 bits per heavy atom. The lowest BCUT2D eigenvalue weighted by Gasteiger charge is -2.47. The van der Waals surface area contributed by atoms with E-state index in [1.165, 1.54) is 18.2 Å². The summed E-state index contributed by atoms with van der Waals surface area (Å²) in [4.78, 5) is 23.4. The van der Waals surface area contributed by atoms with E-state index < -0.39 is 41.6 Å². The number of hydrogen-bond acceptors (Lipinski definition) is 2. The first kappa shape index (κ1) is 15.3. The molecule has 0 unspecified atom stereocenters. The third-order valence-corrected chi connectivity index (χ3v) is 3.90. The molecule has 7 heteroatoms. The van der Waals surface area contributed by atoms with E-state index in [4.69, 9.17) is 0 Å². The van der Waals surface area contributed by atoms with E-state index in [2.05, 4.69) is 0 Å². The summed E-state index contributed by atoms with van der Waals surface area (Å²) < 4.78 is 42.6. The van der Waals surface area contributed by atoms with Crippen LogP contribution < -0.4 is 0 Å². The van der Waals surface area contributed by atoms with Gasteiger partial charge in [-0.2, -0.15) is 0 Å². The lowest BCUT2D eigenvalue weighted by atomic mass is 9.76. The maximum absolute atomic E-state index is 14.5. The Morgan fingerprint density at radius 3 is 2.48 bits per heavy atom. The fourth-order valence-corrected chi connectivity index (χ4v) is 2.65. The molecule has 0 spiro atoms. The molecule has 1 aromatic rings. The quantitative estimate of drug-likeness (QED) is 0.867. The molecule has 1 fully saturated rings. The summed E-state index contributed by atoms with van der Waals surface area (Å²) in [6, 6.07) is 4.96. The van der Waals surface area contributed by atoms with Crippen molar-refractivity contribution in [3.05, 3.63) is 35.6 Å². The Bertz CT molecular complexity index is 605. The molecule has 0 aromatic heterocycles. The predicted octanol–water partition coefficient (Wildman–Crippen LogP) is 3.02. The normalized spacial score (nSPS) is 33.1. The fraction of sp³-hybridized carbons (Fsp3) is 0.429. The van der Waals surface area contributed by atoms with Gasteiger partial charge in [0, 0.05) is 12.0 Å². The summed E-state index contributed by atoms with van der Waals surface area (Å²) in [6.45, 7) is 1.90. The molecule has 0 bridgehead atoms. The number of alkyl halides is 2. The molecule has 0 saturated carbocycles. The third kappa shape index (κ3) is 2.16. The number of nitrogens with zero attached hydrogens (tertiary/aromatic N) is 1. The van der Waals surface area contributed by atoms with Crippen molar-refractivity contribution in [1.82, 2.24) is 4.90 Å². The maximum Gasteiger partial charge on any atom is 0.415 e. The Labute approximate surface area is 119 Å². The van der Waals surface area contributed by atoms with Crippen LogP contribution >= 0.6 is 0 Å². The number of carbonyl (C=O) groups excluding carboxylic acids is 1. The minimum atomic E-state index is -2.65. The number of imide groups is 1. The highest BCUT2D eigenvalue weighted by Crippen LogP contribution is 2.45. The molecule has 1 heterocycles. The topological polar surface area (TPSA) is 57.6 Å². The molecule has 2 amide bonds. The van der Waals surface area contributed by atoms with E-state index in [0.717, 1.165) is 19.9 Å². The summed E-state index contributed by atoms with van der Waals surface area (Å²) in [7, 11) is 0. The Morgan fingerprint density at radius 2 is 1.95 bits per heavy atom. The van der Waals surface area contributed by atoms with Gasteiger partial charge in [0.1, 0.15) is 17.5 Å². The van der Waals surface area contributed by atoms with Crippen LogP contribution in [0.4, 0.5) is 18.0 Å². The van der Waals surface area contributed by atoms with Gasteiger partial charge in [-0.05, 0) is 19.9 Å². The molecule has 1 aliphatic rings. The van der Waals surface area contributed by atoms with Gasteiger partial charge < -0.3 is 5.11 Å². The molecule has 21 heavy (non-hydrogen) atoms. The van der Waals surface area contributed by atoms with Gasteiger partial charge >= 0.3 is 6.09 Å². The first-order chi connectivity index (χ1) is 9.62. The maximum atomic E-state index is 14.5. The van der Waals surface area contributed by atoms with Gasteiger partial charge in [-0.1, -0.05) is 18.2 Å². The van der Waals surface area contributed by atoms with Crippen LogP contribution in [-0.2, 0) is 10.3 Å². The molecule has 4 nitrogen and oxygen atoms in total. The van der Waals surface area contributed by atoms with E-state index >= 15 is 0 Å². The number of halogens is 3. The first-order valence-corrected chi connectivity index (χ1v) is 6.28. The van der Waals surface area contributed by atoms with Crippen molar-refractivity contribution in [2.45, 2.75) is 37.6 Å². The number of benzene rings is 1. The van der Waals surface area contributed by atoms with Crippen LogP contribution in [0.5, 0.6) is 0 Å². The van der Waals surface area contributed by atoms with Crippen molar-refractivity contribution < 1.29 is 27.9 Å². The second kappa shape index (κ2) is 4.75. The van der Waals surface area contributed by atoms with Crippen molar-refractivity contribution in [3.63, 3.8) is 0 Å². The minimum absolute atomic E-state index is 0.0551. The molecule has 3 atom stereocenters. The molecule has 1 N–H and O–H groups in total. The van der Waals surface area contributed by atoms with Crippen molar-refractivity contribution in [3.8, 4) is 0 Å².